The molecule has 1 fully saturated rings. The fraction of sp³-hybridized carbons (Fsp3) is 0.512. The number of aliphatic hydroxyl groups excluding tert-OH is 1. The van der Waals surface area contributed by atoms with E-state index < -0.39 is 51.3 Å². The number of morpholine rings is 1. The molecule has 1 aliphatic heterocycles. The van der Waals surface area contributed by atoms with Gasteiger partial charge in [-0.1, -0.05) is 88.4 Å². The van der Waals surface area contributed by atoms with Gasteiger partial charge in [0.15, 0.2) is 5.13 Å². The number of halogens is 1. The van der Waals surface area contributed by atoms with Gasteiger partial charge in [-0.05, 0) is 59.2 Å². The van der Waals surface area contributed by atoms with Gasteiger partial charge in [-0.3, -0.25) is 14.5 Å². The highest BCUT2D eigenvalue weighted by Crippen LogP contribution is 2.33. The van der Waals surface area contributed by atoms with Gasteiger partial charge in [0.05, 0.1) is 47.0 Å². The molecule has 59 heavy (non-hydrogen) atoms. The lowest BCUT2D eigenvalue weighted by Crippen LogP contribution is -2.63. The van der Waals surface area contributed by atoms with Gasteiger partial charge in [-0.2, -0.15) is 4.31 Å². The smallest absolute Gasteiger partial charge is 0.243 e. The number of thiazole rings is 1. The predicted octanol–water partition coefficient (Wildman–Crippen LogP) is 4.34. The molecule has 0 unspecified atom stereocenters. The van der Waals surface area contributed by atoms with Crippen LogP contribution in [0.5, 0.6) is 0 Å². The van der Waals surface area contributed by atoms with Crippen LogP contribution in [0.25, 0.3) is 10.2 Å². The van der Waals surface area contributed by atoms with Gasteiger partial charge < -0.3 is 30.7 Å². The molecule has 1 aromatic heterocycles. The number of primary amides is 1. The van der Waals surface area contributed by atoms with Crippen LogP contribution in [0.15, 0.2) is 77.7 Å². The highest BCUT2D eigenvalue weighted by atomic mass is 32.2. The monoisotopic (exact) mass is 853 g/mol. The molecule has 3 aromatic carbocycles. The van der Waals surface area contributed by atoms with Crippen molar-refractivity contribution in [3.05, 3.63) is 89.7 Å². The summed E-state index contributed by atoms with van der Waals surface area (Å²) in [6.07, 6.45) is -1.36. The van der Waals surface area contributed by atoms with Crippen LogP contribution in [-0.2, 0) is 37.3 Å². The Kier molecular flexibility index (Phi) is 16.0. The second-order valence-corrected chi connectivity index (χ2v) is 19.7. The average molecular weight is 854 g/mol. The molecule has 5 rings (SSSR count). The van der Waals surface area contributed by atoms with Crippen molar-refractivity contribution in [1.82, 2.24) is 24.4 Å². The summed E-state index contributed by atoms with van der Waals surface area (Å²) in [4.78, 5) is 38.4. The minimum Gasteiger partial charge on any atom is -0.390 e. The third kappa shape index (κ3) is 12.5. The van der Waals surface area contributed by atoms with E-state index in [0.717, 1.165) is 50.1 Å². The zero-order chi connectivity index (χ0) is 42.9. The number of nitrogens with zero attached hydrogens (tertiary/aromatic N) is 5. The molecule has 1 saturated heterocycles. The van der Waals surface area contributed by atoms with Crippen molar-refractivity contribution in [3.63, 3.8) is 0 Å². The number of benzene rings is 3. The fourth-order valence-electron chi connectivity index (χ4n) is 7.41. The fourth-order valence-corrected chi connectivity index (χ4v) is 10.1. The summed E-state index contributed by atoms with van der Waals surface area (Å²) < 4.78 is 50.6. The first-order chi connectivity index (χ1) is 27.9. The molecule has 13 nitrogen and oxygen atoms in total. The molecule has 0 saturated carbocycles. The van der Waals surface area contributed by atoms with Gasteiger partial charge in [0.2, 0.25) is 21.8 Å². The Hall–Kier alpha value is -4.03. The molecule has 4 aromatic rings. The van der Waals surface area contributed by atoms with E-state index in [-0.39, 0.29) is 43.4 Å². The Labute approximate surface area is 352 Å². The summed E-state index contributed by atoms with van der Waals surface area (Å²) >= 11 is 1.42. The minimum atomic E-state index is -4.20. The van der Waals surface area contributed by atoms with Crippen molar-refractivity contribution in [2.75, 3.05) is 71.0 Å². The molecule has 0 radical (unpaired) electrons. The third-order valence-corrected chi connectivity index (χ3v) is 13.3. The summed E-state index contributed by atoms with van der Waals surface area (Å²) in [6, 6.07) is 17.8. The first-order valence-electron chi connectivity index (χ1n) is 20.1. The molecule has 4 N–H and O–H groups in total. The maximum atomic E-state index is 14.6. The van der Waals surface area contributed by atoms with Crippen LogP contribution in [0.3, 0.4) is 0 Å². The summed E-state index contributed by atoms with van der Waals surface area (Å²) in [5.74, 6) is -1.83. The van der Waals surface area contributed by atoms with Crippen LogP contribution in [0.1, 0.15) is 45.7 Å². The van der Waals surface area contributed by atoms with Crippen LogP contribution in [0.4, 0.5) is 9.52 Å². The number of hydrogen-bond donors (Lipinski definition) is 3. The maximum absolute atomic E-state index is 14.6. The highest BCUT2D eigenvalue weighted by molar-refractivity contribution is 7.89. The van der Waals surface area contributed by atoms with E-state index in [4.69, 9.17) is 15.5 Å². The number of ether oxygens (including phenoxy) is 1. The number of nitrogens with one attached hydrogen (secondary N) is 1. The van der Waals surface area contributed by atoms with Crippen molar-refractivity contribution in [3.8, 4) is 0 Å². The van der Waals surface area contributed by atoms with E-state index in [9.17, 15) is 27.5 Å². The molecule has 0 spiro atoms. The number of hydrogen-bond acceptors (Lipinski definition) is 11. The molecule has 0 aliphatic carbocycles. The zero-order valence-corrected chi connectivity index (χ0v) is 36.6. The van der Waals surface area contributed by atoms with Gasteiger partial charge >= 0.3 is 0 Å². The number of amides is 2. The lowest BCUT2D eigenvalue weighted by Gasteiger charge is -2.45. The number of carbonyl (C=O) groups is 2. The molecule has 0 bridgehead atoms. The van der Waals surface area contributed by atoms with Crippen molar-refractivity contribution < 1.29 is 32.2 Å². The predicted molar refractivity (Wildman–Crippen MR) is 231 cm³/mol. The molecule has 1 aliphatic rings. The normalized spacial score (nSPS) is 15.7. The standard InChI is InChI=1S/C43H60FN7O6S2/c1-30(2)28-50(59(55,56)34-15-16-35-38(25-34)58-42(47-35)48(6)17-18-49-19-21-57-22-20-49)29-37(52)36(24-31-11-8-7-9-12-31)51(40(41(45)54)43(3,4)5)39(53)27-46-26-32-13-10-14-33(44)23-32/h7-16,23,25,30,36-37,40,46,52H,17-22,24,26-29H2,1-6H3,(H2,45,54)/t36-,37+,40+/m0/s1. The second-order valence-electron chi connectivity index (χ2n) is 16.7. The number of anilines is 1. The number of rotatable bonds is 20. The van der Waals surface area contributed by atoms with Gasteiger partial charge in [-0.15, -0.1) is 0 Å². The molecule has 322 valence electrons. The number of fused-ring (bicyclic) bond motifs is 1. The Bertz CT molecular complexity index is 2110. The Morgan fingerprint density at radius 2 is 1.71 bits per heavy atom. The molecular weight excluding hydrogens is 794 g/mol. The highest BCUT2D eigenvalue weighted by Gasteiger charge is 2.44. The lowest BCUT2D eigenvalue weighted by molar-refractivity contribution is -0.149. The van der Waals surface area contributed by atoms with Crippen LogP contribution >= 0.6 is 11.3 Å². The zero-order valence-electron chi connectivity index (χ0n) is 35.0. The van der Waals surface area contributed by atoms with Gasteiger partial charge in [0, 0.05) is 52.9 Å². The summed E-state index contributed by atoms with van der Waals surface area (Å²) in [5.41, 5.74) is 7.25. The summed E-state index contributed by atoms with van der Waals surface area (Å²) in [7, 11) is -2.23. The molecule has 16 heteroatoms. The quantitative estimate of drug-likeness (QED) is 0.117. The lowest BCUT2D eigenvalue weighted by atomic mass is 9.83. The second kappa shape index (κ2) is 20.5. The van der Waals surface area contributed by atoms with Crippen LogP contribution in [0, 0.1) is 17.2 Å². The number of sulfonamides is 1. The number of likely N-dealkylation sites (N-methyl/N-ethyl adjacent to an activating group) is 1. The Balaban J connectivity index is 1.45. The molecule has 2 heterocycles. The van der Waals surface area contributed by atoms with Crippen molar-refractivity contribution in [2.45, 2.75) is 70.7 Å². The minimum absolute atomic E-state index is 0.0582. The van der Waals surface area contributed by atoms with E-state index in [1.165, 1.54) is 32.7 Å². The summed E-state index contributed by atoms with van der Waals surface area (Å²) in [6.45, 7) is 13.6. The summed E-state index contributed by atoms with van der Waals surface area (Å²) in [5, 5.41) is 16.2. The van der Waals surface area contributed by atoms with Gasteiger partial charge in [-0.25, -0.2) is 17.8 Å². The Morgan fingerprint density at radius 3 is 2.36 bits per heavy atom. The Morgan fingerprint density at radius 1 is 1.02 bits per heavy atom. The van der Waals surface area contributed by atoms with E-state index in [1.54, 1.807) is 51.1 Å². The van der Waals surface area contributed by atoms with E-state index in [2.05, 4.69) is 15.1 Å². The molecule has 3 atom stereocenters. The van der Waals surface area contributed by atoms with Crippen molar-refractivity contribution in [1.29, 1.82) is 0 Å². The van der Waals surface area contributed by atoms with Crippen LogP contribution < -0.4 is 16.0 Å². The van der Waals surface area contributed by atoms with Gasteiger partial charge in [0.1, 0.15) is 11.9 Å². The van der Waals surface area contributed by atoms with Crippen molar-refractivity contribution in [2.24, 2.45) is 17.1 Å². The average Bonchev–Trinajstić information content (AvgIpc) is 3.62. The maximum Gasteiger partial charge on any atom is 0.243 e. The first-order valence-corrected chi connectivity index (χ1v) is 22.4. The number of nitrogens with two attached hydrogens (primary N) is 1. The molecule has 2 amide bonds. The SMILES string of the molecule is CC(C)CN(C[C@@H](O)[C@H](Cc1ccccc1)N(C(=O)CNCc1cccc(F)c1)[C@H](C(N)=O)C(C)(C)C)S(=O)(=O)c1ccc2nc(N(C)CCN3CCOCC3)sc2c1. The van der Waals surface area contributed by atoms with Gasteiger partial charge in [0.25, 0.3) is 0 Å². The number of aromatic nitrogens is 1. The van der Waals surface area contributed by atoms with E-state index in [0.29, 0.717) is 15.8 Å². The number of carbonyl (C=O) groups excluding carboxylic acids is 2. The largest absolute Gasteiger partial charge is 0.390 e. The van der Waals surface area contributed by atoms with Crippen molar-refractivity contribution >= 4 is 48.5 Å². The first kappa shape index (κ1) is 46.0. The topological polar surface area (TPSA) is 162 Å². The van der Waals surface area contributed by atoms with Crippen LogP contribution in [0.2, 0.25) is 0 Å². The third-order valence-electron chi connectivity index (χ3n) is 10.4. The van der Waals surface area contributed by atoms with E-state index in [1.807, 2.05) is 51.2 Å². The van der Waals surface area contributed by atoms with Crippen LogP contribution in [-0.4, -0.2) is 129 Å². The van der Waals surface area contributed by atoms with E-state index >= 15 is 0 Å². The number of aliphatic hydroxyl groups is 1. The molecular formula is C43H60FN7O6S2.